The number of carboxylic acids is 1. The molecule has 0 aromatic heterocycles. The van der Waals surface area contributed by atoms with E-state index >= 15 is 0 Å². The maximum atomic E-state index is 11.9. The van der Waals surface area contributed by atoms with E-state index in [0.29, 0.717) is 5.41 Å². The zero-order valence-electron chi connectivity index (χ0n) is 14.8. The SMILES string of the molecule is CC[C@]1(C)CC[C@@]2(C)C3=C(CC[C@@H]2C1)[C@@](C)(C(=O)O)CCC3. The Morgan fingerprint density at radius 3 is 2.50 bits per heavy atom. The minimum absolute atomic E-state index is 0.277. The lowest BCUT2D eigenvalue weighted by molar-refractivity contribution is -0.147. The van der Waals surface area contributed by atoms with E-state index in [2.05, 4.69) is 20.8 Å². The summed E-state index contributed by atoms with van der Waals surface area (Å²) in [5.41, 5.74) is 3.06. The largest absolute Gasteiger partial charge is 0.481 e. The summed E-state index contributed by atoms with van der Waals surface area (Å²) in [6.45, 7) is 9.22. The highest BCUT2D eigenvalue weighted by atomic mass is 16.4. The Kier molecular flexibility index (Phi) is 3.73. The number of allylic oxidation sites excluding steroid dienone is 1. The molecule has 1 N–H and O–H groups in total. The highest BCUT2D eigenvalue weighted by Gasteiger charge is 2.52. The fraction of sp³-hybridized carbons (Fsp3) is 0.850. The van der Waals surface area contributed by atoms with Gasteiger partial charge in [0.25, 0.3) is 0 Å². The Morgan fingerprint density at radius 1 is 1.14 bits per heavy atom. The number of aliphatic carboxylic acids is 1. The van der Waals surface area contributed by atoms with Gasteiger partial charge in [-0.3, -0.25) is 4.79 Å². The van der Waals surface area contributed by atoms with E-state index in [1.54, 1.807) is 5.57 Å². The van der Waals surface area contributed by atoms with Gasteiger partial charge in [-0.05, 0) is 75.0 Å². The number of hydrogen-bond donors (Lipinski definition) is 1. The molecule has 3 aliphatic carbocycles. The monoisotopic (exact) mass is 304 g/mol. The summed E-state index contributed by atoms with van der Waals surface area (Å²) >= 11 is 0. The summed E-state index contributed by atoms with van der Waals surface area (Å²) < 4.78 is 0. The maximum Gasteiger partial charge on any atom is 0.313 e. The second-order valence-electron chi connectivity index (χ2n) is 8.97. The molecule has 124 valence electrons. The van der Waals surface area contributed by atoms with Gasteiger partial charge in [0, 0.05) is 0 Å². The van der Waals surface area contributed by atoms with Crippen LogP contribution >= 0.6 is 0 Å². The highest BCUT2D eigenvalue weighted by Crippen LogP contribution is 2.62. The van der Waals surface area contributed by atoms with Crippen molar-refractivity contribution in [2.45, 2.75) is 85.5 Å². The molecule has 0 radical (unpaired) electrons. The topological polar surface area (TPSA) is 37.3 Å². The second-order valence-corrected chi connectivity index (χ2v) is 8.97. The van der Waals surface area contributed by atoms with Crippen LogP contribution in [0.2, 0.25) is 0 Å². The van der Waals surface area contributed by atoms with Crippen LogP contribution in [0.1, 0.15) is 85.5 Å². The van der Waals surface area contributed by atoms with Crippen LogP contribution in [0.4, 0.5) is 0 Å². The first-order valence-corrected chi connectivity index (χ1v) is 9.21. The molecule has 0 spiro atoms. The Morgan fingerprint density at radius 2 is 1.86 bits per heavy atom. The van der Waals surface area contributed by atoms with Crippen molar-refractivity contribution in [1.29, 1.82) is 0 Å². The maximum absolute atomic E-state index is 11.9. The summed E-state index contributed by atoms with van der Waals surface area (Å²) in [5, 5.41) is 9.80. The van der Waals surface area contributed by atoms with Crippen molar-refractivity contribution in [3.63, 3.8) is 0 Å². The van der Waals surface area contributed by atoms with Crippen molar-refractivity contribution in [1.82, 2.24) is 0 Å². The molecule has 0 aromatic carbocycles. The predicted molar refractivity (Wildman–Crippen MR) is 89.7 cm³/mol. The lowest BCUT2D eigenvalue weighted by atomic mass is 9.49. The Hall–Kier alpha value is -0.790. The molecule has 1 saturated carbocycles. The average Bonchev–Trinajstić information content (AvgIpc) is 2.49. The van der Waals surface area contributed by atoms with Crippen LogP contribution in [0.5, 0.6) is 0 Å². The van der Waals surface area contributed by atoms with Gasteiger partial charge in [-0.1, -0.05) is 38.3 Å². The van der Waals surface area contributed by atoms with Crippen LogP contribution in [0, 0.1) is 22.2 Å². The van der Waals surface area contributed by atoms with Crippen molar-refractivity contribution in [3.8, 4) is 0 Å². The molecular formula is C20H32O2. The van der Waals surface area contributed by atoms with E-state index in [4.69, 9.17) is 0 Å². The van der Waals surface area contributed by atoms with Gasteiger partial charge in [-0.25, -0.2) is 0 Å². The van der Waals surface area contributed by atoms with E-state index < -0.39 is 11.4 Å². The van der Waals surface area contributed by atoms with Gasteiger partial charge >= 0.3 is 5.97 Å². The highest BCUT2D eigenvalue weighted by molar-refractivity contribution is 5.79. The van der Waals surface area contributed by atoms with Gasteiger partial charge in [0.15, 0.2) is 0 Å². The van der Waals surface area contributed by atoms with E-state index in [1.807, 2.05) is 6.92 Å². The van der Waals surface area contributed by atoms with Crippen LogP contribution < -0.4 is 0 Å². The van der Waals surface area contributed by atoms with Crippen LogP contribution in [0.25, 0.3) is 0 Å². The first kappa shape index (κ1) is 16.1. The normalized spacial score (nSPS) is 45.2. The molecule has 2 nitrogen and oxygen atoms in total. The molecule has 2 heteroatoms. The number of carbonyl (C=O) groups is 1. The van der Waals surface area contributed by atoms with E-state index in [1.165, 1.54) is 37.7 Å². The summed E-state index contributed by atoms with van der Waals surface area (Å²) in [7, 11) is 0. The molecule has 1 fully saturated rings. The third-order valence-electron chi connectivity index (χ3n) is 7.78. The molecule has 3 aliphatic rings. The predicted octanol–water partition coefficient (Wildman–Crippen LogP) is 5.57. The smallest absolute Gasteiger partial charge is 0.313 e. The van der Waals surface area contributed by atoms with Crippen molar-refractivity contribution in [2.75, 3.05) is 0 Å². The molecule has 4 atom stereocenters. The molecule has 0 unspecified atom stereocenters. The summed E-state index contributed by atoms with van der Waals surface area (Å²) in [6, 6.07) is 0. The number of fused-ring (bicyclic) bond motifs is 2. The fourth-order valence-corrected chi connectivity index (χ4v) is 5.69. The quantitative estimate of drug-likeness (QED) is 0.677. The zero-order chi connectivity index (χ0) is 16.2. The summed E-state index contributed by atoms with van der Waals surface area (Å²) in [4.78, 5) is 11.9. The lowest BCUT2D eigenvalue weighted by Gasteiger charge is -2.56. The minimum atomic E-state index is -0.601. The van der Waals surface area contributed by atoms with Gasteiger partial charge in [0.2, 0.25) is 0 Å². The van der Waals surface area contributed by atoms with Crippen molar-refractivity contribution >= 4 is 5.97 Å². The molecule has 0 saturated heterocycles. The van der Waals surface area contributed by atoms with Crippen LogP contribution in [0.15, 0.2) is 11.1 Å². The fourth-order valence-electron chi connectivity index (χ4n) is 5.69. The molecule has 0 aromatic rings. The average molecular weight is 304 g/mol. The summed E-state index contributed by atoms with van der Waals surface area (Å²) in [6.07, 6.45) is 10.4. The second kappa shape index (κ2) is 5.11. The van der Waals surface area contributed by atoms with Crippen LogP contribution in [-0.2, 0) is 4.79 Å². The van der Waals surface area contributed by atoms with E-state index in [9.17, 15) is 9.90 Å². The minimum Gasteiger partial charge on any atom is -0.481 e. The van der Waals surface area contributed by atoms with Crippen LogP contribution in [0.3, 0.4) is 0 Å². The Labute approximate surface area is 135 Å². The van der Waals surface area contributed by atoms with Crippen molar-refractivity contribution in [3.05, 3.63) is 11.1 Å². The Balaban J connectivity index is 2.00. The van der Waals surface area contributed by atoms with Crippen molar-refractivity contribution < 1.29 is 9.90 Å². The molecule has 0 heterocycles. The van der Waals surface area contributed by atoms with Crippen LogP contribution in [-0.4, -0.2) is 11.1 Å². The van der Waals surface area contributed by atoms with E-state index in [0.717, 1.165) is 31.6 Å². The zero-order valence-corrected chi connectivity index (χ0v) is 14.8. The summed E-state index contributed by atoms with van der Waals surface area (Å²) in [5.74, 6) is 0.164. The molecule has 22 heavy (non-hydrogen) atoms. The molecular weight excluding hydrogens is 272 g/mol. The number of hydrogen-bond acceptors (Lipinski definition) is 1. The van der Waals surface area contributed by atoms with Crippen molar-refractivity contribution in [2.24, 2.45) is 22.2 Å². The lowest BCUT2D eigenvalue weighted by Crippen LogP contribution is -2.46. The molecule has 0 bridgehead atoms. The van der Waals surface area contributed by atoms with Gasteiger partial charge in [0.05, 0.1) is 5.41 Å². The van der Waals surface area contributed by atoms with Gasteiger partial charge in [0.1, 0.15) is 0 Å². The van der Waals surface area contributed by atoms with Gasteiger partial charge in [-0.2, -0.15) is 0 Å². The Bertz CT molecular complexity index is 520. The molecule has 0 aliphatic heterocycles. The standard InChI is InChI=1S/C20H32O2/c1-5-18(2)11-12-19(3)14(13-18)8-9-16-15(19)7-6-10-20(16,4)17(21)22/h14H,5-13H2,1-4H3,(H,21,22)/t14-,18-,19-,20+/m1/s1. The van der Waals surface area contributed by atoms with Gasteiger partial charge in [-0.15, -0.1) is 0 Å². The first-order chi connectivity index (χ1) is 10.3. The van der Waals surface area contributed by atoms with E-state index in [-0.39, 0.29) is 5.41 Å². The molecule has 3 rings (SSSR count). The third kappa shape index (κ3) is 2.17. The first-order valence-electron chi connectivity index (χ1n) is 9.21. The number of carboxylic acid groups (broad SMARTS) is 1. The third-order valence-corrected chi connectivity index (χ3v) is 7.78. The number of rotatable bonds is 2. The van der Waals surface area contributed by atoms with Gasteiger partial charge < -0.3 is 5.11 Å². The molecule has 0 amide bonds.